The number of carbonyl (C=O) groups excluding carboxylic acids is 2. The molecule has 1 aromatic heterocycles. The Balaban J connectivity index is 1.39. The van der Waals surface area contributed by atoms with Gasteiger partial charge in [-0.25, -0.2) is 0 Å². The second kappa shape index (κ2) is 10.3. The Hall–Kier alpha value is -4.34. The van der Waals surface area contributed by atoms with Gasteiger partial charge in [0.2, 0.25) is 11.8 Å². The van der Waals surface area contributed by atoms with Crippen LogP contribution in [-0.2, 0) is 16.0 Å². The smallest absolute Gasteiger partial charge is 0.274 e. The highest BCUT2D eigenvalue weighted by Gasteiger charge is 2.33. The van der Waals surface area contributed by atoms with E-state index in [2.05, 4.69) is 10.6 Å². The van der Waals surface area contributed by atoms with Crippen LogP contribution < -0.4 is 15.5 Å². The Morgan fingerprint density at radius 2 is 1.97 bits per heavy atom. The van der Waals surface area contributed by atoms with Crippen molar-refractivity contribution in [3.63, 3.8) is 0 Å². The van der Waals surface area contributed by atoms with E-state index >= 15 is 0 Å². The van der Waals surface area contributed by atoms with Crippen molar-refractivity contribution in [3.8, 4) is 0 Å². The molecule has 3 heterocycles. The summed E-state index contributed by atoms with van der Waals surface area (Å²) in [7, 11) is 0. The fourth-order valence-corrected chi connectivity index (χ4v) is 5.02. The predicted octanol–water partition coefficient (Wildman–Crippen LogP) is 3.79. The van der Waals surface area contributed by atoms with Gasteiger partial charge in [-0.15, -0.1) is 0 Å². The molecule has 1 fully saturated rings. The van der Waals surface area contributed by atoms with Gasteiger partial charge in [0.15, 0.2) is 5.82 Å². The molecule has 2 aliphatic heterocycles. The number of benzene rings is 2. The van der Waals surface area contributed by atoms with Crippen LogP contribution in [0, 0.1) is 17.0 Å². The number of nitrogens with zero attached hydrogens (tertiary/aromatic N) is 3. The summed E-state index contributed by atoms with van der Waals surface area (Å²) in [5.74, 6) is 0.455. The fraction of sp³-hybridized carbons (Fsp3) is 0.333. The Labute approximate surface area is 214 Å². The molecule has 2 aliphatic rings. The molecule has 10 nitrogen and oxygen atoms in total. The highest BCUT2D eigenvalue weighted by Crippen LogP contribution is 2.28. The molecule has 1 atom stereocenters. The molecule has 0 spiro atoms. The van der Waals surface area contributed by atoms with Crippen molar-refractivity contribution in [3.05, 3.63) is 82.0 Å². The predicted molar refractivity (Wildman–Crippen MR) is 140 cm³/mol. The Morgan fingerprint density at radius 3 is 2.76 bits per heavy atom. The molecular weight excluding hydrogens is 474 g/mol. The van der Waals surface area contributed by atoms with Crippen LogP contribution in [0.3, 0.4) is 0 Å². The molecule has 1 saturated heterocycles. The minimum absolute atomic E-state index is 0.0632. The average molecular weight is 504 g/mol. The van der Waals surface area contributed by atoms with Crippen LogP contribution in [0.1, 0.15) is 30.6 Å². The molecule has 5 rings (SSSR count). The molecule has 1 unspecified atom stereocenters. The molecule has 192 valence electrons. The third kappa shape index (κ3) is 5.42. The minimum atomic E-state index is -0.766. The van der Waals surface area contributed by atoms with Crippen LogP contribution in [0.15, 0.2) is 65.0 Å². The summed E-state index contributed by atoms with van der Waals surface area (Å²) in [6.07, 6.45) is 3.74. The van der Waals surface area contributed by atoms with Crippen LogP contribution in [0.4, 0.5) is 11.4 Å². The van der Waals surface area contributed by atoms with Crippen molar-refractivity contribution < 1.29 is 18.9 Å². The van der Waals surface area contributed by atoms with Crippen LogP contribution in [0.2, 0.25) is 0 Å². The van der Waals surface area contributed by atoms with E-state index in [9.17, 15) is 19.7 Å². The van der Waals surface area contributed by atoms with Crippen molar-refractivity contribution in [2.75, 3.05) is 29.9 Å². The number of aryl methyl sites for hydroxylation is 2. The number of furan rings is 1. The number of hydrogen-bond acceptors (Lipinski definition) is 7. The zero-order valence-corrected chi connectivity index (χ0v) is 20.6. The van der Waals surface area contributed by atoms with Crippen molar-refractivity contribution in [1.82, 2.24) is 10.2 Å². The number of hydrogen-bond donors (Lipinski definition) is 2. The van der Waals surface area contributed by atoms with Crippen molar-refractivity contribution in [2.45, 2.75) is 38.6 Å². The Bertz CT molecular complexity index is 1370. The number of fused-ring (bicyclic) bond motifs is 2. The third-order valence-corrected chi connectivity index (χ3v) is 6.78. The number of rotatable bonds is 7. The second-order valence-corrected chi connectivity index (χ2v) is 9.44. The van der Waals surface area contributed by atoms with Crippen LogP contribution in [0.5, 0.6) is 0 Å². The maximum Gasteiger partial charge on any atom is 0.274 e. The fourth-order valence-electron chi connectivity index (χ4n) is 5.02. The van der Waals surface area contributed by atoms with Crippen LogP contribution in [-0.4, -0.2) is 47.3 Å². The van der Waals surface area contributed by atoms with Gasteiger partial charge < -0.3 is 24.9 Å². The lowest BCUT2D eigenvalue weighted by Crippen LogP contribution is -2.50. The number of anilines is 2. The molecule has 2 aromatic carbocycles. The molecule has 0 radical (unpaired) electrons. The Kier molecular flexibility index (Phi) is 6.80. The first-order valence-corrected chi connectivity index (χ1v) is 12.4. The van der Waals surface area contributed by atoms with Gasteiger partial charge in [-0.05, 0) is 68.5 Å². The van der Waals surface area contributed by atoms with Gasteiger partial charge >= 0.3 is 0 Å². The van der Waals surface area contributed by atoms with Gasteiger partial charge in [-0.2, -0.15) is 0 Å². The molecule has 10 heteroatoms. The molecule has 0 aliphatic carbocycles. The number of likely N-dealkylation sites (tertiary alicyclic amines) is 1. The number of para-hydroxylation sites is 1. The summed E-state index contributed by atoms with van der Waals surface area (Å²) in [6.45, 7) is 3.18. The summed E-state index contributed by atoms with van der Waals surface area (Å²) >= 11 is 0. The monoisotopic (exact) mass is 503 g/mol. The van der Waals surface area contributed by atoms with Gasteiger partial charge in [0, 0.05) is 29.9 Å². The van der Waals surface area contributed by atoms with E-state index in [1.807, 2.05) is 43.3 Å². The van der Waals surface area contributed by atoms with E-state index in [0.29, 0.717) is 42.9 Å². The molecule has 2 N–H and O–H groups in total. The minimum Gasteiger partial charge on any atom is -0.461 e. The number of nitro groups is 1. The molecule has 2 amide bonds. The third-order valence-electron chi connectivity index (χ3n) is 6.78. The van der Waals surface area contributed by atoms with E-state index in [4.69, 9.17) is 4.42 Å². The normalized spacial score (nSPS) is 18.0. The van der Waals surface area contributed by atoms with E-state index in [1.54, 1.807) is 17.0 Å². The van der Waals surface area contributed by atoms with Gasteiger partial charge in [0.25, 0.3) is 6.20 Å². The first-order chi connectivity index (χ1) is 17.9. The quantitative estimate of drug-likeness (QED) is 0.372. The molecular formula is C27H29N5O5. The van der Waals surface area contributed by atoms with Gasteiger partial charge in [-0.3, -0.25) is 19.7 Å². The summed E-state index contributed by atoms with van der Waals surface area (Å²) in [5, 5.41) is 18.4. The van der Waals surface area contributed by atoms with Gasteiger partial charge in [0.1, 0.15) is 23.9 Å². The van der Waals surface area contributed by atoms with Gasteiger partial charge in [0.05, 0.1) is 4.92 Å². The highest BCUT2D eigenvalue weighted by molar-refractivity contribution is 6.03. The van der Waals surface area contributed by atoms with E-state index in [-0.39, 0.29) is 24.2 Å². The SMILES string of the molecule is Cc1cc2cc(N/C(=C/[N+](=O)[O-])NC3CCc4ccccc4N(CC(=O)N4CCCC4)C3=O)ccc2o1. The van der Waals surface area contributed by atoms with Crippen molar-refractivity contribution >= 4 is 34.2 Å². The first kappa shape index (κ1) is 24.4. The van der Waals surface area contributed by atoms with Crippen LogP contribution in [0.25, 0.3) is 11.0 Å². The molecule has 0 saturated carbocycles. The number of nitrogens with one attached hydrogen (secondary N) is 2. The lowest BCUT2D eigenvalue weighted by Gasteiger charge is -2.28. The van der Waals surface area contributed by atoms with Gasteiger partial charge in [-0.1, -0.05) is 18.2 Å². The van der Waals surface area contributed by atoms with Crippen molar-refractivity contribution in [1.29, 1.82) is 0 Å². The summed E-state index contributed by atoms with van der Waals surface area (Å²) in [4.78, 5) is 40.9. The lowest BCUT2D eigenvalue weighted by atomic mass is 10.1. The summed E-state index contributed by atoms with van der Waals surface area (Å²) in [6, 6.07) is 14.0. The van der Waals surface area contributed by atoms with E-state index in [1.165, 1.54) is 4.90 Å². The second-order valence-electron chi connectivity index (χ2n) is 9.44. The summed E-state index contributed by atoms with van der Waals surface area (Å²) in [5.41, 5.74) is 2.99. The average Bonchev–Trinajstić information content (AvgIpc) is 3.51. The highest BCUT2D eigenvalue weighted by atomic mass is 16.6. The maximum absolute atomic E-state index is 13.8. The standard InChI is InChI=1S/C27H29N5O5/c1-18-14-20-15-21(9-11-24(20)37-18)28-25(16-32(35)36)29-22-10-8-19-6-2-3-7-23(19)31(27(22)34)17-26(33)30-12-4-5-13-30/h2-3,6-7,9,11,14-16,22,28-29H,4-5,8,10,12-13,17H2,1H3/b25-16-. The van der Waals surface area contributed by atoms with Crippen molar-refractivity contribution in [2.24, 2.45) is 0 Å². The van der Waals surface area contributed by atoms with Crippen LogP contribution >= 0.6 is 0 Å². The number of carbonyl (C=O) groups is 2. The van der Waals surface area contributed by atoms with E-state index < -0.39 is 11.0 Å². The van der Waals surface area contributed by atoms with E-state index in [0.717, 1.165) is 35.8 Å². The molecule has 37 heavy (non-hydrogen) atoms. The zero-order valence-electron chi connectivity index (χ0n) is 20.6. The largest absolute Gasteiger partial charge is 0.461 e. The zero-order chi connectivity index (χ0) is 25.9. The molecule has 3 aromatic rings. The summed E-state index contributed by atoms with van der Waals surface area (Å²) < 4.78 is 5.61. The number of amides is 2. The topological polar surface area (TPSA) is 121 Å². The first-order valence-electron chi connectivity index (χ1n) is 12.4. The lowest BCUT2D eigenvalue weighted by molar-refractivity contribution is -0.403. The maximum atomic E-state index is 13.8. The Morgan fingerprint density at radius 1 is 1.19 bits per heavy atom. The molecule has 0 bridgehead atoms.